The van der Waals surface area contributed by atoms with E-state index >= 15 is 0 Å². The van der Waals surface area contributed by atoms with Crippen molar-refractivity contribution >= 4 is 62.6 Å². The van der Waals surface area contributed by atoms with E-state index in [0.29, 0.717) is 32.3 Å². The number of carboxylic acids is 1. The molecule has 4 rings (SSSR count). The zero-order valence-corrected chi connectivity index (χ0v) is 18.4. The molecule has 0 unspecified atom stereocenters. The molecule has 9 nitrogen and oxygen atoms in total. The van der Waals surface area contributed by atoms with Crippen molar-refractivity contribution in [3.05, 3.63) is 70.8 Å². The van der Waals surface area contributed by atoms with Crippen molar-refractivity contribution in [3.8, 4) is 11.1 Å². The molecule has 4 aromatic rings. The van der Waals surface area contributed by atoms with Crippen molar-refractivity contribution in [2.45, 2.75) is 0 Å². The van der Waals surface area contributed by atoms with Gasteiger partial charge in [0.2, 0.25) is 0 Å². The quantitative estimate of drug-likeness (QED) is 0.321. The van der Waals surface area contributed by atoms with Gasteiger partial charge in [-0.3, -0.25) is 14.9 Å². The number of amides is 3. The molecule has 0 radical (unpaired) electrons. The van der Waals surface area contributed by atoms with Crippen LogP contribution in [0.1, 0.15) is 10.4 Å². The number of rotatable bonds is 6. The lowest BCUT2D eigenvalue weighted by Gasteiger charge is -2.08. The lowest BCUT2D eigenvalue weighted by Crippen LogP contribution is -2.29. The van der Waals surface area contributed by atoms with Crippen LogP contribution in [-0.4, -0.2) is 39.5 Å². The summed E-state index contributed by atoms with van der Waals surface area (Å²) in [7, 11) is 0. The van der Waals surface area contributed by atoms with E-state index in [0.717, 1.165) is 11.1 Å². The molecule has 4 N–H and O–H groups in total. The summed E-state index contributed by atoms with van der Waals surface area (Å²) in [4.78, 5) is 43.6. The Labute approximate surface area is 196 Å². The molecule has 11 heteroatoms. The fourth-order valence-electron chi connectivity index (χ4n) is 3.04. The summed E-state index contributed by atoms with van der Waals surface area (Å²) >= 11 is 7.32. The number of nitrogens with zero attached hydrogens (tertiary/aromatic N) is 2. The lowest BCUT2D eigenvalue weighted by atomic mass is 10.1. The van der Waals surface area contributed by atoms with Crippen LogP contribution in [0.5, 0.6) is 0 Å². The Bertz CT molecular complexity index is 1360. The van der Waals surface area contributed by atoms with Crippen LogP contribution >= 0.6 is 22.9 Å². The van der Waals surface area contributed by atoms with E-state index in [1.165, 1.54) is 17.7 Å². The average Bonchev–Trinajstić information content (AvgIpc) is 3.23. The largest absolute Gasteiger partial charge is 0.480 e. The van der Waals surface area contributed by atoms with Gasteiger partial charge in [0.15, 0.2) is 5.82 Å². The number of urea groups is 1. The number of aliphatic carboxylic acids is 1. The number of hydrogen-bond donors (Lipinski definition) is 4. The van der Waals surface area contributed by atoms with Crippen LogP contribution in [0.15, 0.2) is 60.2 Å². The molecule has 0 fully saturated rings. The number of nitrogens with one attached hydrogen (secondary N) is 3. The van der Waals surface area contributed by atoms with E-state index < -0.39 is 24.5 Å². The van der Waals surface area contributed by atoms with Gasteiger partial charge in [-0.2, -0.15) is 0 Å². The minimum absolute atomic E-state index is 0.342. The molecule has 33 heavy (non-hydrogen) atoms. The maximum atomic E-state index is 12.4. The van der Waals surface area contributed by atoms with Crippen molar-refractivity contribution < 1.29 is 19.5 Å². The van der Waals surface area contributed by atoms with Crippen LogP contribution < -0.4 is 16.0 Å². The van der Waals surface area contributed by atoms with Gasteiger partial charge in [0.1, 0.15) is 12.9 Å². The van der Waals surface area contributed by atoms with E-state index in [1.807, 2.05) is 5.38 Å². The van der Waals surface area contributed by atoms with E-state index in [4.69, 9.17) is 16.7 Å². The molecule has 0 atom stereocenters. The monoisotopic (exact) mass is 481 g/mol. The van der Waals surface area contributed by atoms with Gasteiger partial charge in [0, 0.05) is 27.2 Å². The van der Waals surface area contributed by atoms with Crippen LogP contribution in [-0.2, 0) is 4.79 Å². The Morgan fingerprint density at radius 3 is 2.55 bits per heavy atom. The summed E-state index contributed by atoms with van der Waals surface area (Å²) in [6, 6.07) is 13.0. The molecule has 3 amide bonds. The number of carbonyl (C=O) groups is 3. The zero-order chi connectivity index (χ0) is 23.4. The van der Waals surface area contributed by atoms with Crippen molar-refractivity contribution in [3.63, 3.8) is 0 Å². The van der Waals surface area contributed by atoms with Crippen molar-refractivity contribution in [1.82, 2.24) is 15.3 Å². The van der Waals surface area contributed by atoms with Gasteiger partial charge in [-0.25, -0.2) is 14.8 Å². The fraction of sp³-hybridized carbons (Fsp3) is 0.0455. The molecule has 0 aliphatic carbocycles. The molecular weight excluding hydrogens is 466 g/mol. The first-order chi connectivity index (χ1) is 15.9. The molecule has 166 valence electrons. The standard InChI is InChI=1S/C22H16ClN5O4S/c23-14-2-1-3-15(8-14)27-22(32)28-20-19-18(25-11-26-20)16(10-33-19)12-4-6-13(7-5-12)21(31)24-9-17(29)30/h1-8,10-11H,9H2,(H,24,31)(H,29,30)(H2,25,26,27,28,32). The molecule has 0 saturated heterocycles. The molecule has 2 aromatic heterocycles. The Morgan fingerprint density at radius 2 is 1.82 bits per heavy atom. The van der Waals surface area contributed by atoms with Gasteiger partial charge in [-0.1, -0.05) is 29.8 Å². The summed E-state index contributed by atoms with van der Waals surface area (Å²) < 4.78 is 0.692. The van der Waals surface area contributed by atoms with Crippen molar-refractivity contribution in [1.29, 1.82) is 0 Å². The van der Waals surface area contributed by atoms with E-state index in [1.54, 1.807) is 48.5 Å². The number of aromatic nitrogens is 2. The number of carbonyl (C=O) groups excluding carboxylic acids is 2. The first-order valence-corrected chi connectivity index (χ1v) is 10.8. The van der Waals surface area contributed by atoms with E-state index in [-0.39, 0.29) is 0 Å². The fourth-order valence-corrected chi connectivity index (χ4v) is 4.20. The van der Waals surface area contributed by atoms with Crippen LogP contribution in [0.25, 0.3) is 21.3 Å². The predicted octanol–water partition coefficient (Wildman–Crippen LogP) is 4.47. The van der Waals surface area contributed by atoms with E-state index in [9.17, 15) is 14.4 Å². The van der Waals surface area contributed by atoms with Crippen molar-refractivity contribution in [2.24, 2.45) is 0 Å². The molecule has 2 aromatic carbocycles. The topological polar surface area (TPSA) is 133 Å². The predicted molar refractivity (Wildman–Crippen MR) is 127 cm³/mol. The molecule has 0 bridgehead atoms. The number of carboxylic acid groups (broad SMARTS) is 1. The number of thiophene rings is 1. The van der Waals surface area contributed by atoms with Crippen molar-refractivity contribution in [2.75, 3.05) is 17.2 Å². The second-order valence-corrected chi connectivity index (χ2v) is 8.11. The third kappa shape index (κ3) is 5.25. The second-order valence-electron chi connectivity index (χ2n) is 6.79. The summed E-state index contributed by atoms with van der Waals surface area (Å²) in [5.41, 5.74) is 3.16. The highest BCUT2D eigenvalue weighted by atomic mass is 35.5. The molecule has 0 aliphatic rings. The van der Waals surface area contributed by atoms with Crippen LogP contribution in [0.2, 0.25) is 5.02 Å². The SMILES string of the molecule is O=C(O)CNC(=O)c1ccc(-c2csc3c(NC(=O)Nc4cccc(Cl)c4)ncnc23)cc1. The van der Waals surface area contributed by atoms with Gasteiger partial charge >= 0.3 is 12.0 Å². The summed E-state index contributed by atoms with van der Waals surface area (Å²) in [5, 5.41) is 18.8. The molecule has 0 aliphatic heterocycles. The Kier molecular flexibility index (Phi) is 6.48. The summed E-state index contributed by atoms with van der Waals surface area (Å²) in [6.07, 6.45) is 1.36. The molecule has 0 spiro atoms. The van der Waals surface area contributed by atoms with Gasteiger partial charge < -0.3 is 15.7 Å². The average molecular weight is 482 g/mol. The number of anilines is 2. The first-order valence-electron chi connectivity index (χ1n) is 9.57. The van der Waals surface area contributed by atoms with Gasteiger partial charge in [-0.15, -0.1) is 11.3 Å². The normalized spacial score (nSPS) is 10.6. The Balaban J connectivity index is 1.53. The van der Waals surface area contributed by atoms with Gasteiger partial charge in [0.05, 0.1) is 10.2 Å². The Morgan fingerprint density at radius 1 is 1.03 bits per heavy atom. The molecule has 2 heterocycles. The smallest absolute Gasteiger partial charge is 0.324 e. The lowest BCUT2D eigenvalue weighted by molar-refractivity contribution is -0.135. The minimum atomic E-state index is -1.12. The van der Waals surface area contributed by atoms with Crippen LogP contribution in [0.3, 0.4) is 0 Å². The number of fused-ring (bicyclic) bond motifs is 1. The third-order valence-corrected chi connectivity index (χ3v) is 5.74. The third-order valence-electron chi connectivity index (χ3n) is 4.53. The highest BCUT2D eigenvalue weighted by molar-refractivity contribution is 7.18. The number of hydrogen-bond acceptors (Lipinski definition) is 6. The zero-order valence-electron chi connectivity index (χ0n) is 16.8. The maximum Gasteiger partial charge on any atom is 0.324 e. The number of benzene rings is 2. The first kappa shape index (κ1) is 22.2. The minimum Gasteiger partial charge on any atom is -0.480 e. The maximum absolute atomic E-state index is 12.4. The van der Waals surface area contributed by atoms with Crippen LogP contribution in [0.4, 0.5) is 16.3 Å². The van der Waals surface area contributed by atoms with Gasteiger partial charge in [0.25, 0.3) is 5.91 Å². The number of halogens is 1. The molecule has 0 saturated carbocycles. The highest BCUT2D eigenvalue weighted by Crippen LogP contribution is 2.35. The van der Waals surface area contributed by atoms with Gasteiger partial charge in [-0.05, 0) is 35.9 Å². The molecular formula is C22H16ClN5O4S. The van der Waals surface area contributed by atoms with E-state index in [2.05, 4.69) is 25.9 Å². The second kappa shape index (κ2) is 9.63. The van der Waals surface area contributed by atoms with Crippen LogP contribution in [0, 0.1) is 0 Å². The Hall–Kier alpha value is -4.02. The highest BCUT2D eigenvalue weighted by Gasteiger charge is 2.15. The summed E-state index contributed by atoms with van der Waals surface area (Å²) in [5.74, 6) is -1.23. The summed E-state index contributed by atoms with van der Waals surface area (Å²) in [6.45, 7) is -0.451.